The van der Waals surface area contributed by atoms with Gasteiger partial charge in [-0.05, 0) is 25.5 Å². The van der Waals surface area contributed by atoms with Crippen molar-refractivity contribution in [2.75, 3.05) is 27.4 Å². The Hall–Kier alpha value is -3.23. The molecule has 0 saturated carbocycles. The third-order valence-electron chi connectivity index (χ3n) is 4.08. The summed E-state index contributed by atoms with van der Waals surface area (Å²) in [6.07, 6.45) is 0.478. The Balaban J connectivity index is 2.24. The van der Waals surface area contributed by atoms with E-state index in [2.05, 4.69) is 10.6 Å². The van der Waals surface area contributed by atoms with E-state index in [0.717, 1.165) is 0 Å². The lowest BCUT2D eigenvalue weighted by molar-refractivity contribution is -0.139. The van der Waals surface area contributed by atoms with E-state index in [9.17, 15) is 14.4 Å². The van der Waals surface area contributed by atoms with E-state index in [1.54, 1.807) is 13.0 Å². The van der Waals surface area contributed by atoms with E-state index in [0.29, 0.717) is 17.9 Å². The zero-order chi connectivity index (χ0) is 20.7. The van der Waals surface area contributed by atoms with Crippen molar-refractivity contribution in [1.82, 2.24) is 10.6 Å². The first kappa shape index (κ1) is 21.1. The molecular weight excluding hydrogens is 368 g/mol. The summed E-state index contributed by atoms with van der Waals surface area (Å²) in [5.41, 5.74) is 0.638. The predicted octanol–water partition coefficient (Wildman–Crippen LogP) is 1.77. The van der Waals surface area contributed by atoms with Crippen LogP contribution in [-0.2, 0) is 14.3 Å². The highest BCUT2D eigenvalue weighted by atomic mass is 16.5. The van der Waals surface area contributed by atoms with Crippen molar-refractivity contribution in [3.05, 3.63) is 35.0 Å². The van der Waals surface area contributed by atoms with Gasteiger partial charge in [-0.1, -0.05) is 6.92 Å². The molecule has 0 aliphatic carbocycles. The normalized spacial score (nSPS) is 16.0. The highest BCUT2D eigenvalue weighted by Gasteiger charge is 2.32. The van der Waals surface area contributed by atoms with Gasteiger partial charge in [-0.3, -0.25) is 0 Å². The predicted molar refractivity (Wildman–Crippen MR) is 99.2 cm³/mol. The number of benzene rings is 1. The van der Waals surface area contributed by atoms with Gasteiger partial charge in [0.15, 0.2) is 0 Å². The molecule has 9 heteroatoms. The second-order valence-electron chi connectivity index (χ2n) is 5.85. The molecule has 0 spiro atoms. The standard InChI is InChI=1S/C19H24N2O7/c1-5-14-16(18(23)27-6-2)15(21-19(24)20-14)10-28-17(22)11-7-12(25-3)9-13(8-11)26-4/h7-9,14H,5-6,10H2,1-4H3,(H2,20,21,24)/t14-/m0/s1. The van der Waals surface area contributed by atoms with Gasteiger partial charge < -0.3 is 29.6 Å². The number of ether oxygens (including phenoxy) is 4. The third-order valence-corrected chi connectivity index (χ3v) is 4.08. The van der Waals surface area contributed by atoms with Crippen LogP contribution in [-0.4, -0.2) is 51.4 Å². The van der Waals surface area contributed by atoms with Crippen LogP contribution in [0.2, 0.25) is 0 Å². The monoisotopic (exact) mass is 392 g/mol. The van der Waals surface area contributed by atoms with E-state index in [-0.39, 0.29) is 30.0 Å². The van der Waals surface area contributed by atoms with Crippen molar-refractivity contribution in [2.24, 2.45) is 0 Å². The first-order valence-electron chi connectivity index (χ1n) is 8.81. The fourth-order valence-electron chi connectivity index (χ4n) is 2.72. The van der Waals surface area contributed by atoms with E-state index in [4.69, 9.17) is 18.9 Å². The van der Waals surface area contributed by atoms with Crippen molar-refractivity contribution < 1.29 is 33.3 Å². The Morgan fingerprint density at radius 2 is 1.64 bits per heavy atom. The average Bonchev–Trinajstić information content (AvgIpc) is 2.70. The molecule has 1 atom stereocenters. The minimum atomic E-state index is -0.659. The number of urea groups is 1. The molecule has 1 aliphatic heterocycles. The molecule has 1 aliphatic rings. The van der Waals surface area contributed by atoms with Gasteiger partial charge in [0.05, 0.1) is 43.7 Å². The Bertz CT molecular complexity index is 766. The smallest absolute Gasteiger partial charge is 0.338 e. The summed E-state index contributed by atoms with van der Waals surface area (Å²) in [5, 5.41) is 5.18. The fraction of sp³-hybridized carbons (Fsp3) is 0.421. The van der Waals surface area contributed by atoms with Crippen LogP contribution in [0.5, 0.6) is 11.5 Å². The summed E-state index contributed by atoms with van der Waals surface area (Å²) in [4.78, 5) is 36.6. The highest BCUT2D eigenvalue weighted by molar-refractivity contribution is 5.95. The van der Waals surface area contributed by atoms with E-state index in [1.165, 1.54) is 26.4 Å². The number of amides is 2. The van der Waals surface area contributed by atoms with Gasteiger partial charge in [-0.15, -0.1) is 0 Å². The molecule has 0 radical (unpaired) electrons. The molecule has 9 nitrogen and oxygen atoms in total. The number of methoxy groups -OCH3 is 2. The Kier molecular flexibility index (Phi) is 7.25. The summed E-state index contributed by atoms with van der Waals surface area (Å²) in [6.45, 7) is 3.39. The zero-order valence-electron chi connectivity index (χ0n) is 16.3. The molecule has 0 bridgehead atoms. The van der Waals surface area contributed by atoms with Crippen molar-refractivity contribution in [3.63, 3.8) is 0 Å². The maximum Gasteiger partial charge on any atom is 0.338 e. The SMILES string of the molecule is CCOC(=O)C1=C(COC(=O)c2cc(OC)cc(OC)c2)NC(=O)N[C@H]1CC. The van der Waals surface area contributed by atoms with Crippen LogP contribution in [0.15, 0.2) is 29.5 Å². The summed E-state index contributed by atoms with van der Waals surface area (Å²) < 4.78 is 20.7. The van der Waals surface area contributed by atoms with Crippen LogP contribution in [0.3, 0.4) is 0 Å². The first-order chi connectivity index (χ1) is 13.4. The molecular formula is C19H24N2O7. The fourth-order valence-corrected chi connectivity index (χ4v) is 2.72. The second kappa shape index (κ2) is 9.63. The van der Waals surface area contributed by atoms with Crippen molar-refractivity contribution in [3.8, 4) is 11.5 Å². The minimum Gasteiger partial charge on any atom is -0.497 e. The van der Waals surface area contributed by atoms with E-state index < -0.39 is 24.0 Å². The van der Waals surface area contributed by atoms with E-state index in [1.807, 2.05) is 6.92 Å². The first-order valence-corrected chi connectivity index (χ1v) is 8.81. The topological polar surface area (TPSA) is 112 Å². The molecule has 152 valence electrons. The number of hydrogen-bond acceptors (Lipinski definition) is 7. The molecule has 2 rings (SSSR count). The van der Waals surface area contributed by atoms with Crippen LogP contribution in [0.25, 0.3) is 0 Å². The van der Waals surface area contributed by atoms with Gasteiger partial charge in [-0.2, -0.15) is 0 Å². The molecule has 1 heterocycles. The summed E-state index contributed by atoms with van der Waals surface area (Å²) in [7, 11) is 2.94. The summed E-state index contributed by atoms with van der Waals surface area (Å²) in [6, 6.07) is 3.62. The largest absolute Gasteiger partial charge is 0.497 e. The highest BCUT2D eigenvalue weighted by Crippen LogP contribution is 2.23. The number of rotatable bonds is 8. The lowest BCUT2D eigenvalue weighted by Gasteiger charge is -2.28. The Morgan fingerprint density at radius 3 is 2.18 bits per heavy atom. The van der Waals surface area contributed by atoms with Gasteiger partial charge in [0.25, 0.3) is 0 Å². The lowest BCUT2D eigenvalue weighted by atomic mass is 10.0. The van der Waals surface area contributed by atoms with Gasteiger partial charge in [0, 0.05) is 6.07 Å². The number of carbonyl (C=O) groups excluding carboxylic acids is 3. The molecule has 0 saturated heterocycles. The van der Waals surface area contributed by atoms with Crippen LogP contribution in [0, 0.1) is 0 Å². The van der Waals surface area contributed by atoms with Crippen LogP contribution in [0.4, 0.5) is 4.79 Å². The maximum absolute atomic E-state index is 12.5. The second-order valence-corrected chi connectivity index (χ2v) is 5.85. The Morgan fingerprint density at radius 1 is 1.00 bits per heavy atom. The molecule has 28 heavy (non-hydrogen) atoms. The average molecular weight is 392 g/mol. The maximum atomic E-state index is 12.5. The van der Waals surface area contributed by atoms with Crippen LogP contribution < -0.4 is 20.1 Å². The number of nitrogens with one attached hydrogen (secondary N) is 2. The number of hydrogen-bond donors (Lipinski definition) is 2. The molecule has 0 aromatic heterocycles. The van der Waals surface area contributed by atoms with Crippen molar-refractivity contribution in [1.29, 1.82) is 0 Å². The van der Waals surface area contributed by atoms with E-state index >= 15 is 0 Å². The minimum absolute atomic E-state index is 0.184. The van der Waals surface area contributed by atoms with Gasteiger partial charge in [0.2, 0.25) is 0 Å². The lowest BCUT2D eigenvalue weighted by Crippen LogP contribution is -2.51. The van der Waals surface area contributed by atoms with Gasteiger partial charge in [0.1, 0.15) is 18.1 Å². The number of esters is 2. The summed E-state index contributed by atoms with van der Waals surface area (Å²) in [5.74, 6) is -0.373. The Labute approximate surface area is 163 Å². The molecule has 1 aromatic rings. The zero-order valence-corrected chi connectivity index (χ0v) is 16.3. The molecule has 2 N–H and O–H groups in total. The van der Waals surface area contributed by atoms with Crippen LogP contribution in [0.1, 0.15) is 30.6 Å². The molecule has 1 aromatic carbocycles. The van der Waals surface area contributed by atoms with Crippen molar-refractivity contribution >= 4 is 18.0 Å². The molecule has 0 unspecified atom stereocenters. The third kappa shape index (κ3) is 4.93. The van der Waals surface area contributed by atoms with Gasteiger partial charge >= 0.3 is 18.0 Å². The van der Waals surface area contributed by atoms with Crippen LogP contribution >= 0.6 is 0 Å². The number of carbonyl (C=O) groups is 3. The van der Waals surface area contributed by atoms with Crippen molar-refractivity contribution in [2.45, 2.75) is 26.3 Å². The quantitative estimate of drug-likeness (QED) is 0.649. The summed E-state index contributed by atoms with van der Waals surface area (Å²) >= 11 is 0. The van der Waals surface area contributed by atoms with Gasteiger partial charge in [-0.25, -0.2) is 14.4 Å². The molecule has 2 amide bonds. The molecule has 0 fully saturated rings.